The van der Waals surface area contributed by atoms with Crippen LogP contribution in [-0.4, -0.2) is 12.6 Å². The molecule has 2 heteroatoms. The van der Waals surface area contributed by atoms with Gasteiger partial charge in [0.1, 0.15) is 0 Å². The van der Waals surface area contributed by atoms with Gasteiger partial charge in [-0.15, -0.1) is 0 Å². The summed E-state index contributed by atoms with van der Waals surface area (Å²) in [5, 5.41) is 2.65. The van der Waals surface area contributed by atoms with Crippen LogP contribution in [0, 0.1) is 5.92 Å². The van der Waals surface area contributed by atoms with E-state index >= 15 is 0 Å². The molecule has 0 N–H and O–H groups in total. The highest BCUT2D eigenvalue weighted by Crippen LogP contribution is 2.51. The fourth-order valence-corrected chi connectivity index (χ4v) is 8.17. The van der Waals surface area contributed by atoms with E-state index in [-0.39, 0.29) is 0 Å². The van der Waals surface area contributed by atoms with Gasteiger partial charge < -0.3 is 9.80 Å². The highest BCUT2D eigenvalue weighted by atomic mass is 15.2. The van der Waals surface area contributed by atoms with E-state index in [1.165, 1.54) is 90.9 Å². The fraction of sp³-hybridized carbons (Fsp3) is 0.174. The number of nitrogens with zero attached hydrogens (tertiary/aromatic N) is 2. The Bertz CT molecular complexity index is 2200. The summed E-state index contributed by atoms with van der Waals surface area (Å²) in [7, 11) is 0. The van der Waals surface area contributed by atoms with E-state index in [0.717, 1.165) is 13.0 Å². The molecule has 1 unspecified atom stereocenters. The molecule has 0 saturated carbocycles. The zero-order chi connectivity index (χ0) is 32.2. The monoisotopic (exact) mass is 620 g/mol. The molecule has 48 heavy (non-hydrogen) atoms. The Hall–Kier alpha value is -5.34. The van der Waals surface area contributed by atoms with Crippen LogP contribution in [0.4, 0.5) is 22.7 Å². The number of hydrogen-bond donors (Lipinski definition) is 0. The molecule has 1 aliphatic carbocycles. The van der Waals surface area contributed by atoms with Gasteiger partial charge in [-0.25, -0.2) is 0 Å². The minimum atomic E-state index is 0.314. The first-order chi connectivity index (χ1) is 23.6. The van der Waals surface area contributed by atoms with Crippen molar-refractivity contribution in [3.63, 3.8) is 0 Å². The summed E-state index contributed by atoms with van der Waals surface area (Å²) in [6, 6.07) is 49.9. The lowest BCUT2D eigenvalue weighted by molar-refractivity contribution is 0.673. The van der Waals surface area contributed by atoms with Crippen LogP contribution in [0.5, 0.6) is 0 Å². The van der Waals surface area contributed by atoms with Crippen molar-refractivity contribution >= 4 is 39.1 Å². The molecule has 0 saturated heterocycles. The largest absolute Gasteiger partial charge is 0.341 e. The van der Waals surface area contributed by atoms with Crippen LogP contribution in [-0.2, 0) is 6.42 Å². The molecule has 0 fully saturated rings. The van der Waals surface area contributed by atoms with Gasteiger partial charge in [0.25, 0.3) is 0 Å². The highest BCUT2D eigenvalue weighted by Gasteiger charge is 2.38. The van der Waals surface area contributed by atoms with Crippen molar-refractivity contribution in [3.8, 4) is 22.3 Å². The van der Waals surface area contributed by atoms with E-state index in [0.29, 0.717) is 12.0 Å². The number of para-hydroxylation sites is 1. The van der Waals surface area contributed by atoms with Gasteiger partial charge in [-0.1, -0.05) is 129 Å². The molecule has 0 bridgehead atoms. The summed E-state index contributed by atoms with van der Waals surface area (Å²) in [5.41, 5.74) is 16.0. The number of anilines is 4. The van der Waals surface area contributed by atoms with Crippen LogP contribution in [0.15, 0.2) is 151 Å². The molecule has 1 atom stereocenters. The smallest absolute Gasteiger partial charge is 0.0635 e. The average molecular weight is 621 g/mol. The highest BCUT2D eigenvalue weighted by molar-refractivity contribution is 6.06. The molecule has 234 valence electrons. The van der Waals surface area contributed by atoms with Gasteiger partial charge in [-0.3, -0.25) is 0 Å². The van der Waals surface area contributed by atoms with E-state index < -0.39 is 0 Å². The summed E-state index contributed by atoms with van der Waals surface area (Å²) < 4.78 is 0. The maximum atomic E-state index is 2.59. The molecule has 2 heterocycles. The van der Waals surface area contributed by atoms with E-state index in [1.54, 1.807) is 0 Å². The summed E-state index contributed by atoms with van der Waals surface area (Å²) in [6.07, 6.45) is 8.19. The summed E-state index contributed by atoms with van der Waals surface area (Å²) in [6.45, 7) is 5.70. The minimum absolute atomic E-state index is 0.314. The first kappa shape index (κ1) is 28.8. The molecular weight excluding hydrogens is 581 g/mol. The summed E-state index contributed by atoms with van der Waals surface area (Å²) in [5.74, 6) is 0.542. The van der Waals surface area contributed by atoms with Crippen molar-refractivity contribution < 1.29 is 0 Å². The van der Waals surface area contributed by atoms with E-state index in [2.05, 4.69) is 169 Å². The van der Waals surface area contributed by atoms with Crippen molar-refractivity contribution in [1.82, 2.24) is 0 Å². The van der Waals surface area contributed by atoms with Gasteiger partial charge >= 0.3 is 0 Å². The average Bonchev–Trinajstić information content (AvgIpc) is 3.49. The molecule has 0 spiro atoms. The molecule has 6 aromatic rings. The first-order valence-corrected chi connectivity index (χ1v) is 17.5. The molecule has 2 aliphatic heterocycles. The molecule has 2 nitrogen and oxygen atoms in total. The first-order valence-electron chi connectivity index (χ1n) is 17.5. The second kappa shape index (κ2) is 11.7. The summed E-state index contributed by atoms with van der Waals surface area (Å²) >= 11 is 0. The van der Waals surface area contributed by atoms with Crippen molar-refractivity contribution in [2.24, 2.45) is 5.92 Å². The maximum Gasteiger partial charge on any atom is 0.0635 e. The lowest BCUT2D eigenvalue weighted by atomic mass is 9.85. The van der Waals surface area contributed by atoms with E-state index in [4.69, 9.17) is 0 Å². The molecular formula is C46H40N2. The Kier molecular flexibility index (Phi) is 7.04. The maximum absolute atomic E-state index is 2.59. The van der Waals surface area contributed by atoms with Crippen LogP contribution in [0.1, 0.15) is 37.8 Å². The van der Waals surface area contributed by atoms with Crippen molar-refractivity contribution in [3.05, 3.63) is 162 Å². The van der Waals surface area contributed by atoms with Crippen molar-refractivity contribution in [2.75, 3.05) is 16.3 Å². The molecule has 9 rings (SSSR count). The van der Waals surface area contributed by atoms with Crippen LogP contribution in [0.3, 0.4) is 0 Å². The Morgan fingerprint density at radius 2 is 1.21 bits per heavy atom. The third kappa shape index (κ3) is 4.86. The topological polar surface area (TPSA) is 6.48 Å². The van der Waals surface area contributed by atoms with E-state index in [1.807, 2.05) is 0 Å². The number of fused-ring (bicyclic) bond motifs is 6. The van der Waals surface area contributed by atoms with Gasteiger partial charge in [0.15, 0.2) is 0 Å². The van der Waals surface area contributed by atoms with Crippen LogP contribution in [0.25, 0.3) is 38.6 Å². The number of allylic oxidation sites excluding steroid dienone is 2. The molecule has 6 aromatic carbocycles. The number of aryl methyl sites for hydroxylation is 1. The van der Waals surface area contributed by atoms with Crippen molar-refractivity contribution in [1.29, 1.82) is 0 Å². The zero-order valence-corrected chi connectivity index (χ0v) is 27.7. The van der Waals surface area contributed by atoms with Crippen LogP contribution >= 0.6 is 0 Å². The Morgan fingerprint density at radius 1 is 0.583 bits per heavy atom. The van der Waals surface area contributed by atoms with Crippen molar-refractivity contribution in [2.45, 2.75) is 39.2 Å². The van der Waals surface area contributed by atoms with Crippen LogP contribution in [0.2, 0.25) is 0 Å². The normalized spacial score (nSPS) is 16.8. The van der Waals surface area contributed by atoms with Gasteiger partial charge in [0.2, 0.25) is 0 Å². The lowest BCUT2D eigenvalue weighted by Gasteiger charge is -2.31. The Labute approximate surface area is 284 Å². The Balaban J connectivity index is 0.982. The third-order valence-electron chi connectivity index (χ3n) is 10.8. The summed E-state index contributed by atoms with van der Waals surface area (Å²) in [4.78, 5) is 5.05. The number of rotatable bonds is 5. The van der Waals surface area contributed by atoms with Gasteiger partial charge in [0, 0.05) is 34.9 Å². The number of benzene rings is 6. The zero-order valence-electron chi connectivity index (χ0n) is 27.7. The fourth-order valence-electron chi connectivity index (χ4n) is 8.17. The van der Waals surface area contributed by atoms with Gasteiger partial charge in [-0.05, 0) is 106 Å². The lowest BCUT2D eigenvalue weighted by Crippen LogP contribution is -2.29. The predicted molar refractivity (Wildman–Crippen MR) is 204 cm³/mol. The molecule has 3 aliphatic rings. The quantitative estimate of drug-likeness (QED) is 0.189. The van der Waals surface area contributed by atoms with Gasteiger partial charge in [-0.2, -0.15) is 0 Å². The predicted octanol–water partition coefficient (Wildman–Crippen LogP) is 12.1. The Morgan fingerprint density at radius 3 is 1.92 bits per heavy atom. The molecule has 0 aromatic heterocycles. The second-order valence-corrected chi connectivity index (χ2v) is 13.8. The minimum Gasteiger partial charge on any atom is -0.341 e. The third-order valence-corrected chi connectivity index (χ3v) is 10.8. The van der Waals surface area contributed by atoms with Crippen LogP contribution < -0.4 is 9.80 Å². The van der Waals surface area contributed by atoms with E-state index in [9.17, 15) is 0 Å². The standard InChI is InChI=1S/C46H40N2/c1-31(2)38-21-27-42-45(30-38)48(44-28-22-36-8-3-5-11-41(36)46(42)44)40-25-19-35(20-26-40)33-15-13-32(14-16-33)34-17-23-39(24-18-34)47-29-7-10-37-9-4-6-12-43(37)47/h3-6,8-9,11-28,31,45H,7,10,29-30H2,1-2H3. The second-order valence-electron chi connectivity index (χ2n) is 13.8. The molecule has 0 radical (unpaired) electrons. The SMILES string of the molecule is CC(C)C1=CC=C2c3c(ccc4ccccc34)N(c3ccc(-c4ccc(-c5ccc(N6CCCc7ccccc76)cc5)cc4)cc3)C2C1. The molecule has 0 amide bonds. The number of hydrogen-bond acceptors (Lipinski definition) is 2. The van der Waals surface area contributed by atoms with Gasteiger partial charge in [0.05, 0.1) is 6.04 Å².